The predicted octanol–water partition coefficient (Wildman–Crippen LogP) is 2.59. The third-order valence-corrected chi connectivity index (χ3v) is 2.09. The third kappa shape index (κ3) is 3.19. The number of anilines is 1. The van der Waals surface area contributed by atoms with Gasteiger partial charge in [-0.3, -0.25) is 10.1 Å². The number of rotatable bonds is 5. The van der Waals surface area contributed by atoms with Crippen molar-refractivity contribution in [3.05, 3.63) is 28.4 Å². The van der Waals surface area contributed by atoms with Gasteiger partial charge in [-0.05, 0) is 19.4 Å². The van der Waals surface area contributed by atoms with Crippen LogP contribution in [0.25, 0.3) is 0 Å². The van der Waals surface area contributed by atoms with Crippen molar-refractivity contribution < 1.29 is 4.92 Å². The fourth-order valence-corrected chi connectivity index (χ4v) is 1.39. The average Bonchev–Trinajstić information content (AvgIpc) is 2.18. The van der Waals surface area contributed by atoms with E-state index >= 15 is 0 Å². The quantitative estimate of drug-likeness (QED) is 0.597. The lowest BCUT2D eigenvalue weighted by molar-refractivity contribution is -0.384. The molecule has 82 valence electrons. The van der Waals surface area contributed by atoms with E-state index in [2.05, 4.69) is 17.2 Å². The molecule has 5 nitrogen and oxygen atoms in total. The molecule has 0 aliphatic heterocycles. The second-order valence-corrected chi connectivity index (χ2v) is 3.46. The number of nitrogens with one attached hydrogen (secondary N) is 1. The number of aromatic nitrogens is 1. The summed E-state index contributed by atoms with van der Waals surface area (Å²) in [7, 11) is 0. The number of nitrogens with zero attached hydrogens (tertiary/aromatic N) is 2. The van der Waals surface area contributed by atoms with Crippen molar-refractivity contribution in [2.24, 2.45) is 0 Å². The van der Waals surface area contributed by atoms with E-state index < -0.39 is 4.92 Å². The summed E-state index contributed by atoms with van der Waals surface area (Å²) in [5.41, 5.74) is 0.0282. The summed E-state index contributed by atoms with van der Waals surface area (Å²) in [6.45, 7) is 4.06. The molecule has 0 aromatic carbocycles. The standard InChI is InChI=1S/C10H15N3O2/c1-3-5-8(2)12-10-9(13(14)15)6-4-7-11-10/h4,6-8H,3,5H2,1-2H3,(H,11,12). The molecule has 15 heavy (non-hydrogen) atoms. The average molecular weight is 209 g/mol. The van der Waals surface area contributed by atoms with Crippen molar-refractivity contribution in [2.45, 2.75) is 32.7 Å². The zero-order chi connectivity index (χ0) is 11.3. The van der Waals surface area contributed by atoms with Crippen LogP contribution >= 0.6 is 0 Å². The second kappa shape index (κ2) is 5.29. The highest BCUT2D eigenvalue weighted by atomic mass is 16.6. The molecule has 0 bridgehead atoms. The second-order valence-electron chi connectivity index (χ2n) is 3.46. The van der Waals surface area contributed by atoms with Gasteiger partial charge in [-0.2, -0.15) is 0 Å². The van der Waals surface area contributed by atoms with Crippen molar-refractivity contribution in [3.63, 3.8) is 0 Å². The molecule has 0 amide bonds. The van der Waals surface area contributed by atoms with Gasteiger partial charge in [0.15, 0.2) is 0 Å². The molecule has 1 unspecified atom stereocenters. The van der Waals surface area contributed by atoms with Crippen LogP contribution in [0.2, 0.25) is 0 Å². The highest BCUT2D eigenvalue weighted by Crippen LogP contribution is 2.21. The minimum Gasteiger partial charge on any atom is -0.362 e. The Bertz CT molecular complexity index is 341. The van der Waals surface area contributed by atoms with Gasteiger partial charge in [0.2, 0.25) is 5.82 Å². The molecule has 1 aromatic heterocycles. The van der Waals surface area contributed by atoms with Crippen LogP contribution in [0.4, 0.5) is 11.5 Å². The van der Waals surface area contributed by atoms with Crippen LogP contribution in [0.15, 0.2) is 18.3 Å². The van der Waals surface area contributed by atoms with Gasteiger partial charge in [0.25, 0.3) is 0 Å². The lowest BCUT2D eigenvalue weighted by Crippen LogP contribution is -2.16. The van der Waals surface area contributed by atoms with Gasteiger partial charge in [0, 0.05) is 18.3 Å². The Kier molecular flexibility index (Phi) is 4.03. The minimum absolute atomic E-state index is 0.0282. The predicted molar refractivity (Wildman–Crippen MR) is 58.9 cm³/mol. The van der Waals surface area contributed by atoms with Gasteiger partial charge in [-0.25, -0.2) is 4.98 Å². The Balaban J connectivity index is 2.79. The van der Waals surface area contributed by atoms with Crippen molar-refractivity contribution in [1.82, 2.24) is 4.98 Å². The van der Waals surface area contributed by atoms with Gasteiger partial charge < -0.3 is 5.32 Å². The van der Waals surface area contributed by atoms with Crippen LogP contribution < -0.4 is 5.32 Å². The molecule has 1 N–H and O–H groups in total. The number of pyridine rings is 1. The molecular weight excluding hydrogens is 194 g/mol. The zero-order valence-electron chi connectivity index (χ0n) is 8.93. The monoisotopic (exact) mass is 209 g/mol. The first-order valence-corrected chi connectivity index (χ1v) is 5.01. The lowest BCUT2D eigenvalue weighted by atomic mass is 10.2. The topological polar surface area (TPSA) is 68.1 Å². The maximum atomic E-state index is 10.7. The Hall–Kier alpha value is -1.65. The Morgan fingerprint density at radius 1 is 1.67 bits per heavy atom. The molecule has 0 fully saturated rings. The van der Waals surface area contributed by atoms with Crippen LogP contribution in [0.3, 0.4) is 0 Å². The van der Waals surface area contributed by atoms with E-state index in [9.17, 15) is 10.1 Å². The summed E-state index contributed by atoms with van der Waals surface area (Å²) >= 11 is 0. The van der Waals surface area contributed by atoms with Crippen molar-refractivity contribution in [2.75, 3.05) is 5.32 Å². The van der Waals surface area contributed by atoms with E-state index in [4.69, 9.17) is 0 Å². The van der Waals surface area contributed by atoms with Crippen LogP contribution in [-0.4, -0.2) is 15.9 Å². The van der Waals surface area contributed by atoms with E-state index in [-0.39, 0.29) is 11.7 Å². The first-order valence-electron chi connectivity index (χ1n) is 5.01. The normalized spacial score (nSPS) is 12.1. The van der Waals surface area contributed by atoms with E-state index in [0.717, 1.165) is 12.8 Å². The van der Waals surface area contributed by atoms with Crippen molar-refractivity contribution in [1.29, 1.82) is 0 Å². The van der Waals surface area contributed by atoms with E-state index in [0.29, 0.717) is 5.82 Å². The van der Waals surface area contributed by atoms with Crippen LogP contribution in [0, 0.1) is 10.1 Å². The van der Waals surface area contributed by atoms with E-state index in [1.807, 2.05) is 6.92 Å². The fourth-order valence-electron chi connectivity index (χ4n) is 1.39. The fraction of sp³-hybridized carbons (Fsp3) is 0.500. The first-order chi connectivity index (χ1) is 7.15. The summed E-state index contributed by atoms with van der Waals surface area (Å²) in [5.74, 6) is 0.350. The molecule has 0 aliphatic carbocycles. The van der Waals surface area contributed by atoms with Gasteiger partial charge in [-0.15, -0.1) is 0 Å². The van der Waals surface area contributed by atoms with Gasteiger partial charge in [-0.1, -0.05) is 13.3 Å². The van der Waals surface area contributed by atoms with Crippen molar-refractivity contribution >= 4 is 11.5 Å². The van der Waals surface area contributed by atoms with Crippen LogP contribution in [0.5, 0.6) is 0 Å². The Labute approximate surface area is 88.7 Å². The third-order valence-electron chi connectivity index (χ3n) is 2.09. The molecule has 5 heteroatoms. The van der Waals surface area contributed by atoms with Crippen LogP contribution in [-0.2, 0) is 0 Å². The minimum atomic E-state index is -0.423. The highest BCUT2D eigenvalue weighted by molar-refractivity contribution is 5.55. The smallest absolute Gasteiger partial charge is 0.311 e. The van der Waals surface area contributed by atoms with Gasteiger partial charge in [0.1, 0.15) is 0 Å². The molecule has 1 heterocycles. The summed E-state index contributed by atoms with van der Waals surface area (Å²) in [4.78, 5) is 14.2. The number of hydrogen-bond acceptors (Lipinski definition) is 4. The van der Waals surface area contributed by atoms with Gasteiger partial charge >= 0.3 is 5.69 Å². The molecular formula is C10H15N3O2. The lowest BCUT2D eigenvalue weighted by Gasteiger charge is -2.12. The summed E-state index contributed by atoms with van der Waals surface area (Å²) in [6.07, 6.45) is 3.55. The SMILES string of the molecule is CCCC(C)Nc1ncccc1[N+](=O)[O-]. The molecule has 0 spiro atoms. The molecule has 1 atom stereocenters. The molecule has 0 saturated heterocycles. The van der Waals surface area contributed by atoms with Gasteiger partial charge in [0.05, 0.1) is 4.92 Å². The zero-order valence-corrected chi connectivity index (χ0v) is 8.93. The molecule has 1 aromatic rings. The molecule has 0 saturated carbocycles. The Morgan fingerprint density at radius 3 is 3.00 bits per heavy atom. The van der Waals surface area contributed by atoms with E-state index in [1.165, 1.54) is 6.07 Å². The van der Waals surface area contributed by atoms with Crippen LogP contribution in [0.1, 0.15) is 26.7 Å². The number of hydrogen-bond donors (Lipinski definition) is 1. The summed E-state index contributed by atoms with van der Waals surface area (Å²) in [5, 5.41) is 13.7. The van der Waals surface area contributed by atoms with Crippen molar-refractivity contribution in [3.8, 4) is 0 Å². The molecule has 0 aliphatic rings. The highest BCUT2D eigenvalue weighted by Gasteiger charge is 2.15. The number of nitro groups is 1. The molecule has 1 rings (SSSR count). The maximum Gasteiger partial charge on any atom is 0.311 e. The Morgan fingerprint density at radius 2 is 2.40 bits per heavy atom. The molecule has 0 radical (unpaired) electrons. The first kappa shape index (κ1) is 11.4. The summed E-state index contributed by atoms with van der Waals surface area (Å²) in [6, 6.07) is 3.21. The van der Waals surface area contributed by atoms with E-state index in [1.54, 1.807) is 12.3 Å². The largest absolute Gasteiger partial charge is 0.362 e. The summed E-state index contributed by atoms with van der Waals surface area (Å²) < 4.78 is 0. The maximum absolute atomic E-state index is 10.7.